The van der Waals surface area contributed by atoms with Crippen molar-refractivity contribution in [2.75, 3.05) is 0 Å². The van der Waals surface area contributed by atoms with E-state index in [1.165, 1.54) is 33.9 Å². The predicted octanol–water partition coefficient (Wildman–Crippen LogP) is 2.09. The van der Waals surface area contributed by atoms with Crippen LogP contribution < -0.4 is 16.0 Å². The number of thiazole rings is 1. The summed E-state index contributed by atoms with van der Waals surface area (Å²) < 4.78 is 7.00. The van der Waals surface area contributed by atoms with Crippen LogP contribution in [0, 0.1) is 0 Å². The molecule has 3 rings (SSSR count). The second kappa shape index (κ2) is 5.78. The van der Waals surface area contributed by atoms with Crippen molar-refractivity contribution in [1.29, 1.82) is 0 Å². The van der Waals surface area contributed by atoms with Crippen LogP contribution in [0.2, 0.25) is 5.02 Å². The van der Waals surface area contributed by atoms with Gasteiger partial charge in [0.1, 0.15) is 12.4 Å². The number of amides is 1. The van der Waals surface area contributed by atoms with E-state index in [4.69, 9.17) is 22.1 Å². The first-order valence-electron chi connectivity index (χ1n) is 6.22. The molecule has 1 aromatic carbocycles. The lowest BCUT2D eigenvalue weighted by atomic mass is 10.2. The van der Waals surface area contributed by atoms with E-state index in [1.54, 1.807) is 17.6 Å². The lowest BCUT2D eigenvalue weighted by Gasteiger charge is -2.09. The van der Waals surface area contributed by atoms with E-state index >= 15 is 0 Å². The van der Waals surface area contributed by atoms with Crippen molar-refractivity contribution < 1.29 is 9.53 Å². The molecule has 2 N–H and O–H groups in total. The van der Waals surface area contributed by atoms with Crippen LogP contribution in [0.3, 0.4) is 0 Å². The first kappa shape index (κ1) is 14.6. The first-order chi connectivity index (χ1) is 10.5. The SMILES string of the molecule is NC(=O)c1ccc(Cl)cc1OCc1cc(=O)n2ccsc2n1. The summed E-state index contributed by atoms with van der Waals surface area (Å²) in [5, 5.41) is 2.19. The smallest absolute Gasteiger partial charge is 0.258 e. The molecule has 0 unspecified atom stereocenters. The third kappa shape index (κ3) is 2.81. The zero-order chi connectivity index (χ0) is 15.7. The van der Waals surface area contributed by atoms with E-state index in [9.17, 15) is 9.59 Å². The third-order valence-electron chi connectivity index (χ3n) is 2.94. The molecule has 112 valence electrons. The largest absolute Gasteiger partial charge is 0.486 e. The van der Waals surface area contributed by atoms with Crippen LogP contribution >= 0.6 is 22.9 Å². The quantitative estimate of drug-likeness (QED) is 0.791. The Kier molecular flexibility index (Phi) is 3.82. The van der Waals surface area contributed by atoms with Gasteiger partial charge in [0.2, 0.25) is 0 Å². The fourth-order valence-electron chi connectivity index (χ4n) is 1.93. The number of carbonyl (C=O) groups excluding carboxylic acids is 1. The fraction of sp³-hybridized carbons (Fsp3) is 0.0714. The van der Waals surface area contributed by atoms with Crippen molar-refractivity contribution in [3.63, 3.8) is 0 Å². The zero-order valence-electron chi connectivity index (χ0n) is 11.2. The molecule has 3 aromatic rings. The Morgan fingerprint density at radius 1 is 1.41 bits per heavy atom. The minimum absolute atomic E-state index is 0.0320. The molecule has 0 spiro atoms. The number of rotatable bonds is 4. The highest BCUT2D eigenvalue weighted by Crippen LogP contribution is 2.24. The highest BCUT2D eigenvalue weighted by molar-refractivity contribution is 7.15. The minimum Gasteiger partial charge on any atom is -0.486 e. The highest BCUT2D eigenvalue weighted by Gasteiger charge is 2.11. The van der Waals surface area contributed by atoms with Gasteiger partial charge >= 0.3 is 0 Å². The average Bonchev–Trinajstić information content (AvgIpc) is 2.94. The van der Waals surface area contributed by atoms with Crippen molar-refractivity contribution in [2.24, 2.45) is 5.73 Å². The van der Waals surface area contributed by atoms with Crippen molar-refractivity contribution in [2.45, 2.75) is 6.61 Å². The molecule has 8 heteroatoms. The molecule has 0 radical (unpaired) electrons. The summed E-state index contributed by atoms with van der Waals surface area (Å²) in [6.07, 6.45) is 1.65. The fourth-order valence-corrected chi connectivity index (χ4v) is 2.83. The van der Waals surface area contributed by atoms with Crippen molar-refractivity contribution in [3.05, 3.63) is 62.5 Å². The van der Waals surface area contributed by atoms with E-state index in [1.807, 2.05) is 0 Å². The van der Waals surface area contributed by atoms with Gasteiger partial charge in [-0.05, 0) is 18.2 Å². The van der Waals surface area contributed by atoms with E-state index in [0.717, 1.165) is 0 Å². The van der Waals surface area contributed by atoms with E-state index in [0.29, 0.717) is 15.7 Å². The second-order valence-electron chi connectivity index (χ2n) is 4.43. The van der Waals surface area contributed by atoms with Crippen molar-refractivity contribution in [3.8, 4) is 5.75 Å². The molecular weight excluding hydrogens is 326 g/mol. The third-order valence-corrected chi connectivity index (χ3v) is 3.93. The molecule has 22 heavy (non-hydrogen) atoms. The van der Waals surface area contributed by atoms with Gasteiger partial charge < -0.3 is 10.5 Å². The van der Waals surface area contributed by atoms with Gasteiger partial charge in [0.25, 0.3) is 11.5 Å². The Balaban J connectivity index is 1.89. The van der Waals surface area contributed by atoms with Gasteiger partial charge in [-0.1, -0.05) is 11.6 Å². The maximum atomic E-state index is 11.9. The number of primary amides is 1. The maximum absolute atomic E-state index is 11.9. The molecule has 0 atom stereocenters. The van der Waals surface area contributed by atoms with Crippen LogP contribution in [0.5, 0.6) is 5.75 Å². The van der Waals surface area contributed by atoms with Crippen LogP contribution in [-0.4, -0.2) is 15.3 Å². The Hall–Kier alpha value is -2.38. The lowest BCUT2D eigenvalue weighted by Crippen LogP contribution is -2.15. The first-order valence-corrected chi connectivity index (χ1v) is 7.48. The number of ether oxygens (including phenoxy) is 1. The summed E-state index contributed by atoms with van der Waals surface area (Å²) in [6, 6.07) is 5.92. The second-order valence-corrected chi connectivity index (χ2v) is 5.74. The van der Waals surface area contributed by atoms with Gasteiger partial charge in [-0.15, -0.1) is 11.3 Å². The van der Waals surface area contributed by atoms with Gasteiger partial charge in [-0.3, -0.25) is 14.0 Å². The van der Waals surface area contributed by atoms with Crippen molar-refractivity contribution >= 4 is 33.8 Å². The summed E-state index contributed by atoms with van der Waals surface area (Å²) >= 11 is 7.24. The molecule has 0 aliphatic rings. The summed E-state index contributed by atoms with van der Waals surface area (Å²) in [5.74, 6) is -0.360. The highest BCUT2D eigenvalue weighted by atomic mass is 35.5. The zero-order valence-corrected chi connectivity index (χ0v) is 12.7. The van der Waals surface area contributed by atoms with E-state index in [-0.39, 0.29) is 23.5 Å². The number of fused-ring (bicyclic) bond motifs is 1. The molecule has 0 fully saturated rings. The van der Waals surface area contributed by atoms with Crippen LogP contribution in [0.25, 0.3) is 4.96 Å². The molecule has 6 nitrogen and oxygen atoms in total. The lowest BCUT2D eigenvalue weighted by molar-refractivity contribution is 0.0996. The standard InChI is InChI=1S/C14H10ClN3O3S/c15-8-1-2-10(13(16)20)11(5-8)21-7-9-6-12(19)18-3-4-22-14(18)17-9/h1-6H,7H2,(H2,16,20). The number of halogens is 1. The topological polar surface area (TPSA) is 86.7 Å². The molecule has 0 saturated heterocycles. The normalized spacial score (nSPS) is 10.8. The van der Waals surface area contributed by atoms with Gasteiger partial charge in [0, 0.05) is 22.7 Å². The Morgan fingerprint density at radius 3 is 3.00 bits per heavy atom. The number of hydrogen-bond donors (Lipinski definition) is 1. The molecule has 0 aliphatic heterocycles. The van der Waals surface area contributed by atoms with Gasteiger partial charge in [-0.25, -0.2) is 4.98 Å². The summed E-state index contributed by atoms with van der Waals surface area (Å²) in [4.78, 5) is 28.1. The number of aromatic nitrogens is 2. The number of nitrogens with two attached hydrogens (primary N) is 1. The maximum Gasteiger partial charge on any atom is 0.258 e. The molecule has 2 aromatic heterocycles. The summed E-state index contributed by atoms with van der Waals surface area (Å²) in [7, 11) is 0. The monoisotopic (exact) mass is 335 g/mol. The van der Waals surface area contributed by atoms with Gasteiger partial charge in [0.05, 0.1) is 11.3 Å². The number of carbonyl (C=O) groups is 1. The molecular formula is C14H10ClN3O3S. The van der Waals surface area contributed by atoms with Crippen LogP contribution in [-0.2, 0) is 6.61 Å². The number of benzene rings is 1. The Bertz CT molecular complexity index is 919. The molecule has 2 heterocycles. The molecule has 0 saturated carbocycles. The number of hydrogen-bond acceptors (Lipinski definition) is 5. The average molecular weight is 336 g/mol. The van der Waals surface area contributed by atoms with Crippen LogP contribution in [0.4, 0.5) is 0 Å². The molecule has 1 amide bonds. The summed E-state index contributed by atoms with van der Waals surface area (Å²) in [5.41, 5.74) is 5.78. The van der Waals surface area contributed by atoms with Crippen molar-refractivity contribution in [1.82, 2.24) is 9.38 Å². The van der Waals surface area contributed by atoms with Gasteiger partial charge in [0.15, 0.2) is 4.96 Å². The molecule has 0 aliphatic carbocycles. The Morgan fingerprint density at radius 2 is 2.23 bits per heavy atom. The van der Waals surface area contributed by atoms with E-state index < -0.39 is 5.91 Å². The summed E-state index contributed by atoms with van der Waals surface area (Å²) in [6.45, 7) is 0.0320. The molecule has 0 bridgehead atoms. The van der Waals surface area contributed by atoms with Crippen LogP contribution in [0.15, 0.2) is 40.6 Å². The number of nitrogens with zero attached hydrogens (tertiary/aromatic N) is 2. The minimum atomic E-state index is -0.617. The predicted molar refractivity (Wildman–Crippen MR) is 83.6 cm³/mol. The van der Waals surface area contributed by atoms with E-state index in [2.05, 4.69) is 4.98 Å². The Labute approximate surface area is 133 Å². The van der Waals surface area contributed by atoms with Crippen LogP contribution in [0.1, 0.15) is 16.1 Å². The van der Waals surface area contributed by atoms with Gasteiger partial charge in [-0.2, -0.15) is 0 Å².